The van der Waals surface area contributed by atoms with E-state index >= 15 is 0 Å². The summed E-state index contributed by atoms with van der Waals surface area (Å²) in [6.45, 7) is 0. The lowest BCUT2D eigenvalue weighted by Gasteiger charge is -2.06. The van der Waals surface area contributed by atoms with Gasteiger partial charge in [-0.3, -0.25) is 0 Å². The quantitative estimate of drug-likeness (QED) is 0.886. The summed E-state index contributed by atoms with van der Waals surface area (Å²) in [7, 11) is 0. The Morgan fingerprint density at radius 1 is 1.33 bits per heavy atom. The minimum atomic E-state index is -4.39. The first kappa shape index (κ1) is 12.4. The lowest BCUT2D eigenvalue weighted by Crippen LogP contribution is -2.19. The molecule has 1 aliphatic heterocycles. The van der Waals surface area contributed by atoms with Gasteiger partial charge in [0, 0.05) is 6.42 Å². The van der Waals surface area contributed by atoms with E-state index in [1.165, 1.54) is 12.1 Å². The molecule has 0 spiro atoms. The van der Waals surface area contributed by atoms with Crippen molar-refractivity contribution >= 4 is 11.7 Å². The van der Waals surface area contributed by atoms with Crippen LogP contribution in [-0.4, -0.2) is 22.9 Å². The average Bonchev–Trinajstić information content (AvgIpc) is 2.77. The highest BCUT2D eigenvalue weighted by Crippen LogP contribution is 2.29. The van der Waals surface area contributed by atoms with Gasteiger partial charge < -0.3 is 9.94 Å². The van der Waals surface area contributed by atoms with Crippen LogP contribution in [0.2, 0.25) is 0 Å². The predicted octanol–water partition coefficient (Wildman–Crippen LogP) is 2.28. The highest BCUT2D eigenvalue weighted by Gasteiger charge is 2.31. The van der Waals surface area contributed by atoms with Crippen LogP contribution in [0.1, 0.15) is 17.5 Å². The number of benzene rings is 1. The van der Waals surface area contributed by atoms with Crippen LogP contribution < -0.4 is 0 Å². The minimum Gasteiger partial charge on any atom is -0.478 e. The van der Waals surface area contributed by atoms with E-state index in [9.17, 15) is 18.0 Å². The zero-order valence-electron chi connectivity index (χ0n) is 8.94. The molecule has 18 heavy (non-hydrogen) atoms. The first-order valence-corrected chi connectivity index (χ1v) is 5.01. The van der Waals surface area contributed by atoms with Crippen molar-refractivity contribution in [2.24, 2.45) is 5.16 Å². The summed E-state index contributed by atoms with van der Waals surface area (Å²) in [5.74, 6) is -1.15. The lowest BCUT2D eigenvalue weighted by molar-refractivity contribution is -0.148. The van der Waals surface area contributed by atoms with E-state index in [-0.39, 0.29) is 6.42 Å². The molecule has 0 unspecified atom stereocenters. The van der Waals surface area contributed by atoms with Crippen molar-refractivity contribution in [2.45, 2.75) is 18.7 Å². The molecule has 1 aromatic rings. The van der Waals surface area contributed by atoms with Crippen LogP contribution in [0.15, 0.2) is 29.4 Å². The zero-order valence-corrected chi connectivity index (χ0v) is 8.94. The fourth-order valence-corrected chi connectivity index (χ4v) is 1.53. The standard InChI is InChI=1S/C11H8F3NO3/c12-11(13,14)7-3-1-6(2-4-7)8-5-9(10(16)17)18-15-8/h1-4,9H,5H2,(H,16,17)/t9-/m1/s1. The number of nitrogens with zero attached hydrogens (tertiary/aromatic N) is 1. The summed E-state index contributed by atoms with van der Waals surface area (Å²) < 4.78 is 37.0. The van der Waals surface area contributed by atoms with E-state index in [1.54, 1.807) is 0 Å². The van der Waals surface area contributed by atoms with Gasteiger partial charge in [0.25, 0.3) is 0 Å². The van der Waals surface area contributed by atoms with Crippen LogP contribution in [-0.2, 0) is 15.8 Å². The predicted molar refractivity (Wildman–Crippen MR) is 55.1 cm³/mol. The van der Waals surface area contributed by atoms with Gasteiger partial charge in [0.1, 0.15) is 0 Å². The highest BCUT2D eigenvalue weighted by molar-refractivity contribution is 6.03. The van der Waals surface area contributed by atoms with Gasteiger partial charge in [0.2, 0.25) is 6.10 Å². The van der Waals surface area contributed by atoms with Gasteiger partial charge in [-0.25, -0.2) is 4.79 Å². The fraction of sp³-hybridized carbons (Fsp3) is 0.273. The van der Waals surface area contributed by atoms with Crippen LogP contribution in [0.3, 0.4) is 0 Å². The molecule has 1 atom stereocenters. The van der Waals surface area contributed by atoms with Crippen molar-refractivity contribution in [3.8, 4) is 0 Å². The molecule has 0 saturated heterocycles. The molecule has 1 aliphatic rings. The Morgan fingerprint density at radius 2 is 1.94 bits per heavy atom. The number of halogens is 3. The molecular weight excluding hydrogens is 251 g/mol. The second-order valence-corrected chi connectivity index (χ2v) is 3.75. The molecule has 1 N–H and O–H groups in total. The van der Waals surface area contributed by atoms with Crippen molar-refractivity contribution in [2.75, 3.05) is 0 Å². The Hall–Kier alpha value is -2.05. The minimum absolute atomic E-state index is 0.0424. The number of alkyl halides is 3. The van der Waals surface area contributed by atoms with Gasteiger partial charge in [-0.15, -0.1) is 0 Å². The molecule has 1 heterocycles. The zero-order chi connectivity index (χ0) is 13.3. The number of carboxylic acids is 1. The summed E-state index contributed by atoms with van der Waals surface area (Å²) in [5, 5.41) is 12.2. The molecule has 1 aromatic carbocycles. The maximum Gasteiger partial charge on any atom is 0.416 e. The van der Waals surface area contributed by atoms with E-state index in [1.807, 2.05) is 0 Å². The van der Waals surface area contributed by atoms with Gasteiger partial charge in [0.15, 0.2) is 0 Å². The summed E-state index contributed by atoms with van der Waals surface area (Å²) in [5.41, 5.74) is -0.0107. The van der Waals surface area contributed by atoms with Crippen LogP contribution >= 0.6 is 0 Å². The van der Waals surface area contributed by atoms with Gasteiger partial charge in [-0.05, 0) is 17.7 Å². The molecule has 96 valence electrons. The SMILES string of the molecule is O=C(O)[C@H]1CC(c2ccc(C(F)(F)F)cc2)=NO1. The van der Waals surface area contributed by atoms with Gasteiger partial charge in [0.05, 0.1) is 11.3 Å². The van der Waals surface area contributed by atoms with Crippen molar-refractivity contribution in [3.05, 3.63) is 35.4 Å². The Morgan fingerprint density at radius 3 is 2.39 bits per heavy atom. The number of rotatable bonds is 2. The number of hydrogen-bond donors (Lipinski definition) is 1. The molecule has 0 bridgehead atoms. The fourth-order valence-electron chi connectivity index (χ4n) is 1.53. The number of oxime groups is 1. The van der Waals surface area contributed by atoms with Gasteiger partial charge in [-0.1, -0.05) is 17.3 Å². The normalized spacial score (nSPS) is 19.3. The Kier molecular flexibility index (Phi) is 2.98. The summed E-state index contributed by atoms with van der Waals surface area (Å²) >= 11 is 0. The smallest absolute Gasteiger partial charge is 0.416 e. The van der Waals surface area contributed by atoms with Crippen LogP contribution in [0, 0.1) is 0 Å². The molecule has 2 rings (SSSR count). The molecule has 0 aliphatic carbocycles. The third-order valence-electron chi connectivity index (χ3n) is 2.49. The monoisotopic (exact) mass is 259 g/mol. The first-order chi connectivity index (χ1) is 8.38. The topological polar surface area (TPSA) is 58.9 Å². The number of aliphatic carboxylic acids is 1. The molecule has 0 radical (unpaired) electrons. The second kappa shape index (κ2) is 4.32. The lowest BCUT2D eigenvalue weighted by atomic mass is 10.0. The van der Waals surface area contributed by atoms with Crippen molar-refractivity contribution in [1.29, 1.82) is 0 Å². The summed E-state index contributed by atoms with van der Waals surface area (Å²) in [4.78, 5) is 15.3. The molecule has 0 fully saturated rings. The van der Waals surface area contributed by atoms with E-state index in [0.29, 0.717) is 11.3 Å². The number of carbonyl (C=O) groups is 1. The molecule has 4 nitrogen and oxygen atoms in total. The maximum atomic E-state index is 12.3. The third-order valence-corrected chi connectivity index (χ3v) is 2.49. The van der Waals surface area contributed by atoms with E-state index in [2.05, 4.69) is 9.99 Å². The first-order valence-electron chi connectivity index (χ1n) is 5.01. The van der Waals surface area contributed by atoms with E-state index in [0.717, 1.165) is 12.1 Å². The highest BCUT2D eigenvalue weighted by atomic mass is 19.4. The molecule has 0 amide bonds. The molecule has 7 heteroatoms. The van der Waals surface area contributed by atoms with E-state index < -0.39 is 23.8 Å². The molecule has 0 aromatic heterocycles. The third kappa shape index (κ3) is 2.44. The van der Waals surface area contributed by atoms with Crippen molar-refractivity contribution in [3.63, 3.8) is 0 Å². The summed E-state index contributed by atoms with van der Waals surface area (Å²) in [6.07, 6.45) is -5.42. The van der Waals surface area contributed by atoms with Crippen LogP contribution in [0.4, 0.5) is 13.2 Å². The Labute approximate surface area is 99.7 Å². The van der Waals surface area contributed by atoms with Crippen molar-refractivity contribution in [1.82, 2.24) is 0 Å². The van der Waals surface area contributed by atoms with E-state index in [4.69, 9.17) is 5.11 Å². The van der Waals surface area contributed by atoms with Gasteiger partial charge >= 0.3 is 12.1 Å². The maximum absolute atomic E-state index is 12.3. The molecule has 0 saturated carbocycles. The van der Waals surface area contributed by atoms with Crippen LogP contribution in [0.5, 0.6) is 0 Å². The number of carboxylic acid groups (broad SMARTS) is 1. The van der Waals surface area contributed by atoms with Crippen molar-refractivity contribution < 1.29 is 27.9 Å². The van der Waals surface area contributed by atoms with Crippen LogP contribution in [0.25, 0.3) is 0 Å². The second-order valence-electron chi connectivity index (χ2n) is 3.75. The Balaban J connectivity index is 2.15. The average molecular weight is 259 g/mol. The molecular formula is C11H8F3NO3. The van der Waals surface area contributed by atoms with Gasteiger partial charge in [-0.2, -0.15) is 13.2 Å². The summed E-state index contributed by atoms with van der Waals surface area (Å²) in [6, 6.07) is 4.34. The Bertz CT molecular complexity index is 493. The largest absolute Gasteiger partial charge is 0.478 e. The number of hydrogen-bond acceptors (Lipinski definition) is 3.